The molecule has 0 amide bonds. The maximum atomic E-state index is 3.73. The molecule has 0 bridgehead atoms. The summed E-state index contributed by atoms with van der Waals surface area (Å²) in [5, 5.41) is 3.73. The minimum Gasteiger partial charge on any atom is -0.310 e. The third-order valence-electron chi connectivity index (χ3n) is 4.80. The van der Waals surface area contributed by atoms with E-state index in [1.807, 2.05) is 0 Å². The number of hydrogen-bond donors (Lipinski definition) is 1. The van der Waals surface area contributed by atoms with Gasteiger partial charge < -0.3 is 5.32 Å². The zero-order valence-electron chi connectivity index (χ0n) is 13.5. The van der Waals surface area contributed by atoms with Crippen LogP contribution in [0.25, 0.3) is 0 Å². The van der Waals surface area contributed by atoms with E-state index in [1.54, 1.807) is 0 Å². The molecular weight excluding hydrogens is 242 g/mol. The summed E-state index contributed by atoms with van der Waals surface area (Å²) < 4.78 is 0. The summed E-state index contributed by atoms with van der Waals surface area (Å²) in [7, 11) is 0. The molecule has 0 aromatic heterocycles. The van der Waals surface area contributed by atoms with E-state index in [1.165, 1.54) is 61.6 Å². The summed E-state index contributed by atoms with van der Waals surface area (Å²) in [4.78, 5) is 0. The Morgan fingerprint density at radius 2 is 1.80 bits per heavy atom. The minimum absolute atomic E-state index is 0.544. The van der Waals surface area contributed by atoms with Crippen LogP contribution < -0.4 is 5.32 Å². The number of hydrogen-bond acceptors (Lipinski definition) is 1. The molecule has 1 saturated carbocycles. The molecule has 20 heavy (non-hydrogen) atoms. The first-order chi connectivity index (χ1) is 9.70. The Kier molecular flexibility index (Phi) is 6.09. The van der Waals surface area contributed by atoms with Gasteiger partial charge in [0, 0.05) is 6.04 Å². The molecule has 1 unspecified atom stereocenters. The second-order valence-electron chi connectivity index (χ2n) is 6.56. The number of benzene rings is 1. The Bertz CT molecular complexity index is 402. The Balaban J connectivity index is 2.10. The summed E-state index contributed by atoms with van der Waals surface area (Å²) in [6, 6.07) is 7.44. The van der Waals surface area contributed by atoms with Crippen LogP contribution >= 0.6 is 0 Å². The third-order valence-corrected chi connectivity index (χ3v) is 4.80. The van der Waals surface area contributed by atoms with Gasteiger partial charge in [-0.05, 0) is 43.9 Å². The Hall–Kier alpha value is -0.820. The highest BCUT2D eigenvalue weighted by atomic mass is 14.9. The predicted octanol–water partition coefficient (Wildman–Crippen LogP) is 5.31. The monoisotopic (exact) mass is 273 g/mol. The van der Waals surface area contributed by atoms with Crippen LogP contribution in [-0.4, -0.2) is 6.54 Å². The zero-order valence-corrected chi connectivity index (χ0v) is 13.5. The molecule has 0 heterocycles. The lowest BCUT2D eigenvalue weighted by atomic mass is 9.87. The van der Waals surface area contributed by atoms with Gasteiger partial charge in [0.05, 0.1) is 0 Å². The van der Waals surface area contributed by atoms with Crippen molar-refractivity contribution in [3.05, 3.63) is 34.9 Å². The maximum absolute atomic E-state index is 3.73. The summed E-state index contributed by atoms with van der Waals surface area (Å²) in [6.45, 7) is 7.75. The molecule has 0 saturated heterocycles. The fourth-order valence-corrected chi connectivity index (χ4v) is 3.63. The molecule has 112 valence electrons. The Morgan fingerprint density at radius 3 is 2.45 bits per heavy atom. The predicted molar refractivity (Wildman–Crippen MR) is 88.1 cm³/mol. The average Bonchev–Trinajstić information content (AvgIpc) is 2.70. The zero-order chi connectivity index (χ0) is 14.4. The van der Waals surface area contributed by atoms with E-state index in [4.69, 9.17) is 0 Å². The van der Waals surface area contributed by atoms with Crippen molar-refractivity contribution in [3.8, 4) is 0 Å². The molecule has 1 aromatic rings. The van der Waals surface area contributed by atoms with Gasteiger partial charge in [-0.1, -0.05) is 69.2 Å². The van der Waals surface area contributed by atoms with E-state index in [-0.39, 0.29) is 0 Å². The standard InChI is InChI=1S/C19H31N/c1-4-20-19(14-17-9-7-5-6-8-10-17)18-13-15(2)11-12-16(18)3/h11-13,17,19-20H,4-10,14H2,1-3H3. The SMILES string of the molecule is CCNC(CC1CCCCCC1)c1cc(C)ccc1C. The minimum atomic E-state index is 0.544. The van der Waals surface area contributed by atoms with E-state index >= 15 is 0 Å². The first-order valence-corrected chi connectivity index (χ1v) is 8.51. The van der Waals surface area contributed by atoms with Gasteiger partial charge in [-0.15, -0.1) is 0 Å². The van der Waals surface area contributed by atoms with Crippen LogP contribution in [0.1, 0.15) is 74.6 Å². The lowest BCUT2D eigenvalue weighted by molar-refractivity contribution is 0.359. The second kappa shape index (κ2) is 7.83. The Morgan fingerprint density at radius 1 is 1.10 bits per heavy atom. The highest BCUT2D eigenvalue weighted by Gasteiger charge is 2.20. The van der Waals surface area contributed by atoms with Gasteiger partial charge in [0.2, 0.25) is 0 Å². The molecule has 0 radical (unpaired) electrons. The van der Waals surface area contributed by atoms with Gasteiger partial charge in [0.15, 0.2) is 0 Å². The topological polar surface area (TPSA) is 12.0 Å². The smallest absolute Gasteiger partial charge is 0.0325 e. The van der Waals surface area contributed by atoms with E-state index in [0.29, 0.717) is 6.04 Å². The molecule has 2 rings (SSSR count). The van der Waals surface area contributed by atoms with Crippen molar-refractivity contribution in [2.75, 3.05) is 6.54 Å². The molecular formula is C19H31N. The molecule has 1 atom stereocenters. The first kappa shape index (κ1) is 15.6. The fourth-order valence-electron chi connectivity index (χ4n) is 3.63. The van der Waals surface area contributed by atoms with Crippen molar-refractivity contribution in [2.45, 2.75) is 71.8 Å². The van der Waals surface area contributed by atoms with Crippen LogP contribution in [0.5, 0.6) is 0 Å². The van der Waals surface area contributed by atoms with E-state index < -0.39 is 0 Å². The second-order valence-corrected chi connectivity index (χ2v) is 6.56. The van der Waals surface area contributed by atoms with Crippen molar-refractivity contribution in [1.82, 2.24) is 5.32 Å². The summed E-state index contributed by atoms with van der Waals surface area (Å²) in [5.74, 6) is 0.918. The van der Waals surface area contributed by atoms with Crippen molar-refractivity contribution in [2.24, 2.45) is 5.92 Å². The first-order valence-electron chi connectivity index (χ1n) is 8.51. The molecule has 1 aromatic carbocycles. The van der Waals surface area contributed by atoms with Crippen LogP contribution in [0.2, 0.25) is 0 Å². The van der Waals surface area contributed by atoms with Gasteiger partial charge in [-0.2, -0.15) is 0 Å². The van der Waals surface area contributed by atoms with Gasteiger partial charge in [0.25, 0.3) is 0 Å². The van der Waals surface area contributed by atoms with Gasteiger partial charge >= 0.3 is 0 Å². The van der Waals surface area contributed by atoms with Gasteiger partial charge in [-0.3, -0.25) is 0 Å². The van der Waals surface area contributed by atoms with Crippen molar-refractivity contribution in [3.63, 3.8) is 0 Å². The maximum Gasteiger partial charge on any atom is 0.0325 e. The average molecular weight is 273 g/mol. The van der Waals surface area contributed by atoms with Crippen LogP contribution in [0, 0.1) is 19.8 Å². The summed E-state index contributed by atoms with van der Waals surface area (Å²) in [6.07, 6.45) is 9.97. The molecule has 1 aliphatic carbocycles. The van der Waals surface area contributed by atoms with Crippen LogP contribution in [0.3, 0.4) is 0 Å². The van der Waals surface area contributed by atoms with E-state index in [2.05, 4.69) is 44.3 Å². The summed E-state index contributed by atoms with van der Waals surface area (Å²) >= 11 is 0. The molecule has 0 spiro atoms. The van der Waals surface area contributed by atoms with Crippen LogP contribution in [0.15, 0.2) is 18.2 Å². The highest BCUT2D eigenvalue weighted by Crippen LogP contribution is 2.32. The van der Waals surface area contributed by atoms with Gasteiger partial charge in [0.1, 0.15) is 0 Å². The molecule has 1 heteroatoms. The summed E-state index contributed by atoms with van der Waals surface area (Å²) in [5.41, 5.74) is 4.35. The van der Waals surface area contributed by atoms with Gasteiger partial charge in [-0.25, -0.2) is 0 Å². The van der Waals surface area contributed by atoms with Crippen molar-refractivity contribution in [1.29, 1.82) is 0 Å². The molecule has 1 aliphatic rings. The van der Waals surface area contributed by atoms with Crippen molar-refractivity contribution >= 4 is 0 Å². The lowest BCUT2D eigenvalue weighted by Gasteiger charge is -2.25. The fraction of sp³-hybridized carbons (Fsp3) is 0.684. The highest BCUT2D eigenvalue weighted by molar-refractivity contribution is 5.33. The molecule has 0 aliphatic heterocycles. The number of nitrogens with one attached hydrogen (secondary N) is 1. The lowest BCUT2D eigenvalue weighted by Crippen LogP contribution is -2.24. The number of aryl methyl sites for hydroxylation is 2. The van der Waals surface area contributed by atoms with E-state index in [0.717, 1.165) is 12.5 Å². The van der Waals surface area contributed by atoms with Crippen LogP contribution in [0.4, 0.5) is 0 Å². The third kappa shape index (κ3) is 4.34. The van der Waals surface area contributed by atoms with Crippen molar-refractivity contribution < 1.29 is 0 Å². The largest absolute Gasteiger partial charge is 0.310 e. The van der Waals surface area contributed by atoms with E-state index in [9.17, 15) is 0 Å². The number of rotatable bonds is 5. The quantitative estimate of drug-likeness (QED) is 0.716. The molecule has 1 nitrogen and oxygen atoms in total. The molecule has 1 fully saturated rings. The normalized spacial score (nSPS) is 18.8. The van der Waals surface area contributed by atoms with Crippen LogP contribution in [-0.2, 0) is 0 Å². The Labute approximate surface area is 125 Å². The molecule has 1 N–H and O–H groups in total.